The molecule has 0 N–H and O–H groups in total. The molecule has 1 aromatic rings. The van der Waals surface area contributed by atoms with Crippen LogP contribution in [0.15, 0.2) is 18.2 Å². The summed E-state index contributed by atoms with van der Waals surface area (Å²) in [7, 11) is 1.95. The second-order valence-corrected chi connectivity index (χ2v) is 4.52. The monoisotopic (exact) mass is 256 g/mol. The van der Waals surface area contributed by atoms with Gasteiger partial charge >= 0.3 is 0 Å². The Kier molecular flexibility index (Phi) is 4.92. The van der Waals surface area contributed by atoms with Gasteiger partial charge in [0, 0.05) is 30.2 Å². The highest BCUT2D eigenvalue weighted by Crippen LogP contribution is 2.25. The molecule has 0 radical (unpaired) electrons. The summed E-state index contributed by atoms with van der Waals surface area (Å²) < 4.78 is 0. The zero-order valence-electron chi connectivity index (χ0n) is 9.37. The summed E-state index contributed by atoms with van der Waals surface area (Å²) in [5.41, 5.74) is 2.02. The van der Waals surface area contributed by atoms with E-state index in [4.69, 9.17) is 28.5 Å². The maximum atomic E-state index is 8.78. The molecule has 0 aliphatic heterocycles. The Balaban J connectivity index is 2.91. The molecule has 0 aliphatic carbocycles. The maximum absolute atomic E-state index is 8.78. The van der Waals surface area contributed by atoms with E-state index in [1.807, 2.05) is 37.1 Å². The number of anilines is 1. The van der Waals surface area contributed by atoms with E-state index in [-0.39, 0.29) is 5.92 Å². The van der Waals surface area contributed by atoms with Gasteiger partial charge in [-0.3, -0.25) is 0 Å². The van der Waals surface area contributed by atoms with Gasteiger partial charge in [-0.25, -0.2) is 0 Å². The third-order valence-electron chi connectivity index (χ3n) is 2.36. The molecule has 0 fully saturated rings. The Morgan fingerprint density at radius 2 is 2.19 bits per heavy atom. The summed E-state index contributed by atoms with van der Waals surface area (Å²) in [6.45, 7) is 2.58. The van der Waals surface area contributed by atoms with Crippen LogP contribution in [-0.4, -0.2) is 13.6 Å². The number of rotatable bonds is 4. The number of nitrogens with zero attached hydrogens (tertiary/aromatic N) is 2. The number of hydrogen-bond acceptors (Lipinski definition) is 2. The molecule has 0 aromatic heterocycles. The van der Waals surface area contributed by atoms with E-state index in [0.29, 0.717) is 17.4 Å². The first kappa shape index (κ1) is 13.2. The van der Waals surface area contributed by atoms with Gasteiger partial charge in [-0.2, -0.15) is 5.26 Å². The summed E-state index contributed by atoms with van der Waals surface area (Å²) in [4.78, 5) is 2.03. The van der Waals surface area contributed by atoms with Crippen LogP contribution in [0, 0.1) is 17.2 Å². The predicted octanol–water partition coefficient (Wildman–Crippen LogP) is 3.67. The van der Waals surface area contributed by atoms with E-state index in [1.54, 1.807) is 0 Å². The van der Waals surface area contributed by atoms with Crippen molar-refractivity contribution in [1.29, 1.82) is 5.26 Å². The smallest absolute Gasteiger partial charge is 0.0671 e. The Morgan fingerprint density at radius 3 is 2.75 bits per heavy atom. The molecule has 16 heavy (non-hydrogen) atoms. The molecule has 2 nitrogen and oxygen atoms in total. The molecule has 0 saturated carbocycles. The molecule has 0 heterocycles. The second-order valence-electron chi connectivity index (χ2n) is 3.82. The highest BCUT2D eigenvalue weighted by molar-refractivity contribution is 6.30. The molecule has 1 unspecified atom stereocenters. The standard InChI is InChI=1S/C12H14Cl2N2/c1-9(7-15)8-16(2)12-4-3-11(14)5-10(12)6-13/h3-5,9H,6,8H2,1-2H3. The van der Waals surface area contributed by atoms with Gasteiger partial charge in [-0.05, 0) is 30.7 Å². The van der Waals surface area contributed by atoms with Crippen LogP contribution >= 0.6 is 23.2 Å². The van der Waals surface area contributed by atoms with Gasteiger partial charge in [0.25, 0.3) is 0 Å². The zero-order chi connectivity index (χ0) is 12.1. The summed E-state index contributed by atoms with van der Waals surface area (Å²) in [5.74, 6) is 0.408. The van der Waals surface area contributed by atoms with E-state index < -0.39 is 0 Å². The molecular formula is C12H14Cl2N2. The van der Waals surface area contributed by atoms with Crippen molar-refractivity contribution in [3.8, 4) is 6.07 Å². The third-order valence-corrected chi connectivity index (χ3v) is 2.89. The number of alkyl halides is 1. The first-order valence-electron chi connectivity index (χ1n) is 5.03. The molecule has 4 heteroatoms. The van der Waals surface area contributed by atoms with Gasteiger partial charge in [0.05, 0.1) is 12.0 Å². The minimum Gasteiger partial charge on any atom is -0.373 e. The molecule has 1 aromatic carbocycles. The molecule has 0 aliphatic rings. The summed E-state index contributed by atoms with van der Waals surface area (Å²) in [6.07, 6.45) is 0. The largest absolute Gasteiger partial charge is 0.373 e. The van der Waals surface area contributed by atoms with Crippen LogP contribution in [0.4, 0.5) is 5.69 Å². The summed E-state index contributed by atoms with van der Waals surface area (Å²) in [6, 6.07) is 7.84. The van der Waals surface area contributed by atoms with Gasteiger partial charge in [-0.1, -0.05) is 11.6 Å². The first-order chi connectivity index (χ1) is 7.58. The van der Waals surface area contributed by atoms with Crippen molar-refractivity contribution in [3.63, 3.8) is 0 Å². The SMILES string of the molecule is CC(C#N)CN(C)c1ccc(Cl)cc1CCl. The maximum Gasteiger partial charge on any atom is 0.0671 e. The summed E-state index contributed by atoms with van der Waals surface area (Å²) >= 11 is 11.8. The highest BCUT2D eigenvalue weighted by atomic mass is 35.5. The molecule has 0 spiro atoms. The minimum absolute atomic E-state index is 0.0103. The average molecular weight is 257 g/mol. The Labute approximate surface area is 106 Å². The van der Waals surface area contributed by atoms with E-state index in [9.17, 15) is 0 Å². The van der Waals surface area contributed by atoms with Gasteiger partial charge in [0.1, 0.15) is 0 Å². The average Bonchev–Trinajstić information content (AvgIpc) is 2.28. The van der Waals surface area contributed by atoms with Gasteiger partial charge < -0.3 is 4.90 Å². The fraction of sp³-hybridized carbons (Fsp3) is 0.417. The Hall–Kier alpha value is -0.910. The molecule has 0 saturated heterocycles. The molecule has 1 atom stereocenters. The van der Waals surface area contributed by atoms with Crippen molar-refractivity contribution in [2.75, 3.05) is 18.5 Å². The first-order valence-corrected chi connectivity index (χ1v) is 5.95. The topological polar surface area (TPSA) is 27.0 Å². The van der Waals surface area contributed by atoms with Crippen molar-refractivity contribution in [2.24, 2.45) is 5.92 Å². The van der Waals surface area contributed by atoms with Crippen LogP contribution in [0.1, 0.15) is 12.5 Å². The van der Waals surface area contributed by atoms with Crippen LogP contribution in [0.3, 0.4) is 0 Å². The number of benzene rings is 1. The van der Waals surface area contributed by atoms with Gasteiger partial charge in [0.2, 0.25) is 0 Å². The molecule has 0 bridgehead atoms. The predicted molar refractivity (Wildman–Crippen MR) is 69.1 cm³/mol. The van der Waals surface area contributed by atoms with Crippen molar-refractivity contribution in [3.05, 3.63) is 28.8 Å². The molecular weight excluding hydrogens is 243 g/mol. The summed E-state index contributed by atoms with van der Waals surface area (Å²) in [5, 5.41) is 9.46. The normalized spacial score (nSPS) is 11.9. The lowest BCUT2D eigenvalue weighted by Gasteiger charge is -2.23. The van der Waals surface area contributed by atoms with Gasteiger partial charge in [0.15, 0.2) is 0 Å². The van der Waals surface area contributed by atoms with E-state index in [2.05, 4.69) is 6.07 Å². The van der Waals surface area contributed by atoms with Crippen molar-refractivity contribution in [2.45, 2.75) is 12.8 Å². The van der Waals surface area contributed by atoms with Crippen LogP contribution in [0.5, 0.6) is 0 Å². The fourth-order valence-corrected chi connectivity index (χ4v) is 1.99. The van der Waals surface area contributed by atoms with Gasteiger partial charge in [-0.15, -0.1) is 11.6 Å². The zero-order valence-corrected chi connectivity index (χ0v) is 10.9. The number of halogens is 2. The molecule has 86 valence electrons. The lowest BCUT2D eigenvalue weighted by atomic mass is 10.1. The lowest BCUT2D eigenvalue weighted by molar-refractivity contribution is 0.715. The van der Waals surface area contributed by atoms with Crippen LogP contribution < -0.4 is 4.90 Å². The van der Waals surface area contributed by atoms with E-state index >= 15 is 0 Å². The second kappa shape index (κ2) is 5.98. The molecule has 1 rings (SSSR count). The molecule has 0 amide bonds. The Morgan fingerprint density at radius 1 is 1.50 bits per heavy atom. The van der Waals surface area contributed by atoms with Crippen molar-refractivity contribution >= 4 is 28.9 Å². The third kappa shape index (κ3) is 3.30. The van der Waals surface area contributed by atoms with E-state index in [1.165, 1.54) is 0 Å². The minimum atomic E-state index is -0.0103. The quantitative estimate of drug-likeness (QED) is 0.769. The van der Waals surface area contributed by atoms with Crippen molar-refractivity contribution < 1.29 is 0 Å². The number of hydrogen-bond donors (Lipinski definition) is 0. The fourth-order valence-electron chi connectivity index (χ4n) is 1.58. The van der Waals surface area contributed by atoms with E-state index in [0.717, 1.165) is 11.3 Å². The lowest BCUT2D eigenvalue weighted by Crippen LogP contribution is -2.24. The van der Waals surface area contributed by atoms with Crippen LogP contribution in [0.25, 0.3) is 0 Å². The number of nitriles is 1. The van der Waals surface area contributed by atoms with Crippen LogP contribution in [-0.2, 0) is 5.88 Å². The van der Waals surface area contributed by atoms with Crippen molar-refractivity contribution in [1.82, 2.24) is 0 Å². The highest BCUT2D eigenvalue weighted by Gasteiger charge is 2.10. The Bertz CT molecular complexity index is 398. The van der Waals surface area contributed by atoms with Crippen LogP contribution in [0.2, 0.25) is 5.02 Å².